The van der Waals surface area contributed by atoms with Crippen LogP contribution in [0.25, 0.3) is 0 Å². The number of methoxy groups -OCH3 is 1. The van der Waals surface area contributed by atoms with E-state index >= 15 is 0 Å². The van der Waals surface area contributed by atoms with Crippen molar-refractivity contribution in [1.29, 1.82) is 0 Å². The Balaban J connectivity index is 1.70. The molecule has 1 N–H and O–H groups in total. The minimum Gasteiger partial charge on any atom is -0.497 e. The number of carboxylic acid groups (broad SMARTS) is 1. The van der Waals surface area contributed by atoms with E-state index in [1.165, 1.54) is 11.1 Å². The molecule has 0 aliphatic heterocycles. The average molecular weight is 342 g/mol. The van der Waals surface area contributed by atoms with E-state index in [0.29, 0.717) is 24.0 Å². The van der Waals surface area contributed by atoms with Gasteiger partial charge in [0.25, 0.3) is 0 Å². The van der Waals surface area contributed by atoms with E-state index in [2.05, 4.69) is 19.1 Å². The predicted molar refractivity (Wildman–Crippen MR) is 93.7 cm³/mol. The lowest BCUT2D eigenvalue weighted by Crippen LogP contribution is -2.44. The zero-order valence-corrected chi connectivity index (χ0v) is 15.0. The monoisotopic (exact) mass is 342 g/mol. The summed E-state index contributed by atoms with van der Waals surface area (Å²) in [5.74, 6) is 1.52. The van der Waals surface area contributed by atoms with E-state index in [4.69, 9.17) is 4.74 Å². The Bertz CT molecular complexity index is 725. The third-order valence-corrected chi connectivity index (χ3v) is 7.21. The van der Waals surface area contributed by atoms with Crippen LogP contribution in [0.1, 0.15) is 56.1 Å². The average Bonchev–Trinajstić information content (AvgIpc) is 2.84. The molecular formula is C21H26O4. The third kappa shape index (κ3) is 2.49. The van der Waals surface area contributed by atoms with Crippen molar-refractivity contribution in [1.82, 2.24) is 0 Å². The minimum atomic E-state index is -0.773. The van der Waals surface area contributed by atoms with Crippen LogP contribution in [0.3, 0.4) is 0 Å². The van der Waals surface area contributed by atoms with Gasteiger partial charge in [-0.25, -0.2) is 0 Å². The highest BCUT2D eigenvalue weighted by Crippen LogP contribution is 2.62. The van der Waals surface area contributed by atoms with Crippen molar-refractivity contribution in [3.8, 4) is 5.75 Å². The molecule has 0 heterocycles. The molecule has 3 aliphatic rings. The quantitative estimate of drug-likeness (QED) is 0.907. The second-order valence-corrected chi connectivity index (χ2v) is 8.34. The molecule has 5 atom stereocenters. The zero-order valence-electron chi connectivity index (χ0n) is 15.0. The Labute approximate surface area is 148 Å². The van der Waals surface area contributed by atoms with Gasteiger partial charge in [0.05, 0.1) is 7.11 Å². The number of aryl methyl sites for hydroxylation is 1. The number of hydrogen-bond donors (Lipinski definition) is 1. The third-order valence-electron chi connectivity index (χ3n) is 7.21. The molecule has 0 amide bonds. The van der Waals surface area contributed by atoms with Gasteiger partial charge in [-0.05, 0) is 72.6 Å². The van der Waals surface area contributed by atoms with Gasteiger partial charge in [-0.15, -0.1) is 0 Å². The highest BCUT2D eigenvalue weighted by atomic mass is 16.5. The normalized spacial score (nSPS) is 36.3. The maximum atomic E-state index is 12.7. The number of fused-ring (bicyclic) bond motifs is 5. The maximum absolute atomic E-state index is 12.7. The van der Waals surface area contributed by atoms with E-state index in [1.54, 1.807) is 7.11 Å². The van der Waals surface area contributed by atoms with Gasteiger partial charge in [0.2, 0.25) is 0 Å². The summed E-state index contributed by atoms with van der Waals surface area (Å²) in [6.45, 7) is 2.10. The molecule has 1 aromatic rings. The minimum absolute atomic E-state index is 0.00241. The van der Waals surface area contributed by atoms with Gasteiger partial charge in [0, 0.05) is 18.3 Å². The second kappa shape index (κ2) is 5.86. The molecule has 4 heteroatoms. The SMILES string of the molecule is COc1ccc2c(c1)CCC1C3C(CC(=O)O)CC(=O)C3(C)CC[C@H]21. The van der Waals surface area contributed by atoms with Crippen molar-refractivity contribution in [2.24, 2.45) is 23.2 Å². The van der Waals surface area contributed by atoms with Gasteiger partial charge in [0.15, 0.2) is 0 Å². The van der Waals surface area contributed by atoms with E-state index < -0.39 is 5.97 Å². The molecule has 134 valence electrons. The zero-order chi connectivity index (χ0) is 17.8. The summed E-state index contributed by atoms with van der Waals surface area (Å²) in [5.41, 5.74) is 2.45. The summed E-state index contributed by atoms with van der Waals surface area (Å²) in [4.78, 5) is 24.1. The van der Waals surface area contributed by atoms with Crippen molar-refractivity contribution in [3.63, 3.8) is 0 Å². The summed E-state index contributed by atoms with van der Waals surface area (Å²) in [6, 6.07) is 6.37. The highest BCUT2D eigenvalue weighted by Gasteiger charge is 2.58. The van der Waals surface area contributed by atoms with Crippen LogP contribution in [0.15, 0.2) is 18.2 Å². The molecule has 2 fully saturated rings. The Morgan fingerprint density at radius 3 is 2.88 bits per heavy atom. The molecule has 1 aromatic carbocycles. The lowest BCUT2D eigenvalue weighted by atomic mass is 9.54. The molecule has 2 saturated carbocycles. The molecule has 0 aromatic heterocycles. The number of ether oxygens (including phenoxy) is 1. The van der Waals surface area contributed by atoms with Crippen molar-refractivity contribution in [3.05, 3.63) is 29.3 Å². The molecule has 4 nitrogen and oxygen atoms in total. The number of carbonyl (C=O) groups excluding carboxylic acids is 1. The highest BCUT2D eigenvalue weighted by molar-refractivity contribution is 5.88. The van der Waals surface area contributed by atoms with Crippen LogP contribution < -0.4 is 4.74 Å². The molecule has 0 radical (unpaired) electrons. The number of Topliss-reactive ketones (excluding diaryl/α,β-unsaturated/α-hetero) is 1. The van der Waals surface area contributed by atoms with Crippen LogP contribution in [0.4, 0.5) is 0 Å². The number of hydrogen-bond acceptors (Lipinski definition) is 3. The Morgan fingerprint density at radius 1 is 1.36 bits per heavy atom. The van der Waals surface area contributed by atoms with Gasteiger partial charge in [-0.3, -0.25) is 9.59 Å². The summed E-state index contributed by atoms with van der Waals surface area (Å²) >= 11 is 0. The summed E-state index contributed by atoms with van der Waals surface area (Å²) in [5, 5.41) is 9.32. The molecule has 4 rings (SSSR count). The smallest absolute Gasteiger partial charge is 0.303 e. The first-order chi connectivity index (χ1) is 11.9. The second-order valence-electron chi connectivity index (χ2n) is 8.34. The fourth-order valence-electron chi connectivity index (χ4n) is 6.15. The van der Waals surface area contributed by atoms with Crippen molar-refractivity contribution in [2.75, 3.05) is 7.11 Å². The van der Waals surface area contributed by atoms with E-state index in [-0.39, 0.29) is 23.7 Å². The maximum Gasteiger partial charge on any atom is 0.303 e. The Morgan fingerprint density at radius 2 is 2.16 bits per heavy atom. The fourth-order valence-corrected chi connectivity index (χ4v) is 6.15. The van der Waals surface area contributed by atoms with Crippen molar-refractivity contribution < 1.29 is 19.4 Å². The number of rotatable bonds is 3. The Kier molecular flexibility index (Phi) is 3.89. The lowest BCUT2D eigenvalue weighted by Gasteiger charge is -2.49. The number of aliphatic carboxylic acids is 1. The lowest BCUT2D eigenvalue weighted by molar-refractivity contribution is -0.139. The van der Waals surface area contributed by atoms with Crippen LogP contribution in [0.5, 0.6) is 5.75 Å². The number of carbonyl (C=O) groups is 2. The van der Waals surface area contributed by atoms with Gasteiger partial charge in [-0.2, -0.15) is 0 Å². The topological polar surface area (TPSA) is 63.6 Å². The van der Waals surface area contributed by atoms with Crippen LogP contribution in [-0.2, 0) is 16.0 Å². The molecule has 0 bridgehead atoms. The Hall–Kier alpha value is -1.84. The molecule has 4 unspecified atom stereocenters. The van der Waals surface area contributed by atoms with Crippen LogP contribution in [-0.4, -0.2) is 24.0 Å². The molecule has 0 spiro atoms. The molecule has 25 heavy (non-hydrogen) atoms. The summed E-state index contributed by atoms with van der Waals surface area (Å²) < 4.78 is 5.37. The molecule has 0 saturated heterocycles. The standard InChI is InChI=1S/C21H26O4/c1-21-8-7-16-15-6-4-14(25-2)9-12(15)3-5-17(16)20(21)13(10-18(21)22)11-19(23)24/h4,6,9,13,16-17,20H,3,5,7-8,10-11H2,1-2H3,(H,23,24)/t13?,16-,17?,20?,21?/m1/s1. The van der Waals surface area contributed by atoms with Crippen molar-refractivity contribution >= 4 is 11.8 Å². The number of carboxylic acids is 1. The van der Waals surface area contributed by atoms with E-state index in [9.17, 15) is 14.7 Å². The molecular weight excluding hydrogens is 316 g/mol. The van der Waals surface area contributed by atoms with Gasteiger partial charge < -0.3 is 9.84 Å². The van der Waals surface area contributed by atoms with Crippen LogP contribution in [0.2, 0.25) is 0 Å². The summed E-state index contributed by atoms with van der Waals surface area (Å²) in [7, 11) is 1.69. The first kappa shape index (κ1) is 16.6. The van der Waals surface area contributed by atoms with Gasteiger partial charge in [0.1, 0.15) is 11.5 Å². The van der Waals surface area contributed by atoms with Crippen LogP contribution >= 0.6 is 0 Å². The van der Waals surface area contributed by atoms with Crippen LogP contribution in [0, 0.1) is 23.2 Å². The first-order valence-corrected chi connectivity index (χ1v) is 9.36. The first-order valence-electron chi connectivity index (χ1n) is 9.36. The van der Waals surface area contributed by atoms with Gasteiger partial charge in [-0.1, -0.05) is 13.0 Å². The van der Waals surface area contributed by atoms with E-state index in [0.717, 1.165) is 31.4 Å². The fraction of sp³-hybridized carbons (Fsp3) is 0.619. The molecule has 3 aliphatic carbocycles. The van der Waals surface area contributed by atoms with E-state index in [1.807, 2.05) is 6.07 Å². The van der Waals surface area contributed by atoms with Gasteiger partial charge >= 0.3 is 5.97 Å². The predicted octanol–water partition coefficient (Wildman–Crippen LogP) is 3.82. The number of benzene rings is 1. The summed E-state index contributed by atoms with van der Waals surface area (Å²) in [6.07, 6.45) is 4.54. The number of ketones is 1. The largest absolute Gasteiger partial charge is 0.497 e. The van der Waals surface area contributed by atoms with Crippen molar-refractivity contribution in [2.45, 2.75) is 51.4 Å².